The highest BCUT2D eigenvalue weighted by molar-refractivity contribution is 5.92. The second-order valence-corrected chi connectivity index (χ2v) is 7.98. The summed E-state index contributed by atoms with van der Waals surface area (Å²) in [6.45, 7) is 2.13. The van der Waals surface area contributed by atoms with Gasteiger partial charge in [-0.25, -0.2) is 0 Å². The van der Waals surface area contributed by atoms with E-state index in [0.717, 1.165) is 24.3 Å². The summed E-state index contributed by atoms with van der Waals surface area (Å²) in [4.78, 5) is 26.9. The first-order chi connectivity index (χ1) is 16.2. The first kappa shape index (κ1) is 22.4. The molecule has 0 atom stereocenters. The Bertz CT molecular complexity index is 1060. The van der Waals surface area contributed by atoms with Gasteiger partial charge < -0.3 is 15.1 Å². The van der Waals surface area contributed by atoms with Crippen molar-refractivity contribution in [3.63, 3.8) is 0 Å². The number of hydrogen-bond acceptors (Lipinski definition) is 6. The van der Waals surface area contributed by atoms with Crippen molar-refractivity contribution in [2.75, 3.05) is 25.0 Å². The third-order valence-electron chi connectivity index (χ3n) is 5.53. The van der Waals surface area contributed by atoms with Crippen LogP contribution in [0.1, 0.15) is 18.6 Å². The number of carbonyl (C=O) groups is 2. The van der Waals surface area contributed by atoms with Gasteiger partial charge in [0, 0.05) is 11.6 Å². The fraction of sp³-hybridized carbons (Fsp3) is 0.280. The topological polar surface area (TPSA) is 99.3 Å². The normalized spacial score (nSPS) is 14.9. The lowest BCUT2D eigenvalue weighted by atomic mass is 9.96. The molecule has 1 fully saturated rings. The number of benzene rings is 2. The highest BCUT2D eigenvalue weighted by Crippen LogP contribution is 2.21. The zero-order valence-corrected chi connectivity index (χ0v) is 18.3. The van der Waals surface area contributed by atoms with Crippen molar-refractivity contribution in [2.45, 2.75) is 19.4 Å². The number of hydrogen-bond donors (Lipinski definition) is 2. The number of rotatable bonds is 8. The second-order valence-electron chi connectivity index (χ2n) is 7.98. The third kappa shape index (κ3) is 6.85. The molecule has 0 unspecified atom stereocenters. The van der Waals surface area contributed by atoms with Gasteiger partial charge in [0.2, 0.25) is 11.8 Å². The van der Waals surface area contributed by atoms with Crippen LogP contribution in [0.4, 0.5) is 17.1 Å². The quantitative estimate of drug-likeness (QED) is 0.493. The highest BCUT2D eigenvalue weighted by Gasteiger charge is 2.25. The molecule has 1 aliphatic heterocycles. The van der Waals surface area contributed by atoms with Crippen molar-refractivity contribution in [1.82, 2.24) is 10.2 Å². The Labute approximate surface area is 192 Å². The maximum atomic E-state index is 12.4. The molecule has 8 nitrogen and oxygen atoms in total. The van der Waals surface area contributed by atoms with Crippen LogP contribution >= 0.6 is 0 Å². The first-order valence-electron chi connectivity index (χ1n) is 11.0. The summed E-state index contributed by atoms with van der Waals surface area (Å²) in [5, 5.41) is 14.2. The lowest BCUT2D eigenvalue weighted by Gasteiger charge is -2.30. The van der Waals surface area contributed by atoms with E-state index in [4.69, 9.17) is 4.42 Å². The molecule has 2 heterocycles. The van der Waals surface area contributed by atoms with E-state index in [-0.39, 0.29) is 17.7 Å². The van der Waals surface area contributed by atoms with E-state index in [1.807, 2.05) is 60.7 Å². The molecule has 0 bridgehead atoms. The maximum Gasteiger partial charge on any atom is 0.238 e. The summed E-state index contributed by atoms with van der Waals surface area (Å²) in [7, 11) is 0. The van der Waals surface area contributed by atoms with Crippen molar-refractivity contribution in [3.8, 4) is 0 Å². The first-order valence-corrected chi connectivity index (χ1v) is 11.0. The van der Waals surface area contributed by atoms with Gasteiger partial charge in [-0.3, -0.25) is 14.5 Å². The van der Waals surface area contributed by atoms with Crippen LogP contribution in [0, 0.1) is 5.92 Å². The predicted octanol–water partition coefficient (Wildman–Crippen LogP) is 4.66. The third-order valence-corrected chi connectivity index (χ3v) is 5.53. The van der Waals surface area contributed by atoms with Gasteiger partial charge in [-0.15, -0.1) is 0 Å². The zero-order valence-electron chi connectivity index (χ0n) is 18.3. The van der Waals surface area contributed by atoms with Crippen LogP contribution in [0.5, 0.6) is 0 Å². The van der Waals surface area contributed by atoms with Crippen molar-refractivity contribution in [2.24, 2.45) is 16.1 Å². The van der Waals surface area contributed by atoms with Crippen molar-refractivity contribution >= 4 is 28.9 Å². The van der Waals surface area contributed by atoms with E-state index >= 15 is 0 Å². The molecule has 2 amide bonds. The summed E-state index contributed by atoms with van der Waals surface area (Å²) < 4.78 is 5.24. The van der Waals surface area contributed by atoms with Crippen LogP contribution in [0.15, 0.2) is 87.6 Å². The smallest absolute Gasteiger partial charge is 0.238 e. The number of likely N-dealkylation sites (tertiary alicyclic amines) is 1. The van der Waals surface area contributed by atoms with E-state index in [2.05, 4.69) is 25.8 Å². The highest BCUT2D eigenvalue weighted by atomic mass is 16.3. The molecule has 0 spiro atoms. The number of nitrogens with zero attached hydrogens (tertiary/aromatic N) is 3. The molecule has 0 saturated carbocycles. The summed E-state index contributed by atoms with van der Waals surface area (Å²) in [6.07, 6.45) is 3.06. The molecule has 8 heteroatoms. The molecule has 0 aliphatic carbocycles. The monoisotopic (exact) mass is 445 g/mol. The average Bonchev–Trinajstić information content (AvgIpc) is 3.37. The fourth-order valence-corrected chi connectivity index (χ4v) is 3.71. The molecule has 2 aromatic carbocycles. The van der Waals surface area contributed by atoms with Crippen molar-refractivity contribution in [3.05, 3.63) is 78.8 Å². The lowest BCUT2D eigenvalue weighted by molar-refractivity contribution is -0.126. The van der Waals surface area contributed by atoms with Crippen molar-refractivity contribution in [1.29, 1.82) is 0 Å². The maximum absolute atomic E-state index is 12.4. The van der Waals surface area contributed by atoms with Crippen LogP contribution in [0.3, 0.4) is 0 Å². The Kier molecular flexibility index (Phi) is 7.60. The van der Waals surface area contributed by atoms with Gasteiger partial charge in [-0.05, 0) is 74.5 Å². The van der Waals surface area contributed by atoms with E-state index in [9.17, 15) is 9.59 Å². The average molecular weight is 446 g/mol. The summed E-state index contributed by atoms with van der Waals surface area (Å²) in [5.74, 6) is 0.677. The Hall–Kier alpha value is -3.78. The lowest BCUT2D eigenvalue weighted by Crippen LogP contribution is -2.43. The Morgan fingerprint density at radius 2 is 1.61 bits per heavy atom. The number of azo groups is 1. The van der Waals surface area contributed by atoms with E-state index in [1.165, 1.54) is 0 Å². The van der Waals surface area contributed by atoms with Crippen LogP contribution in [0.2, 0.25) is 0 Å². The van der Waals surface area contributed by atoms with Crippen LogP contribution in [-0.4, -0.2) is 36.3 Å². The molecule has 2 N–H and O–H groups in total. The Balaban J connectivity index is 1.18. The standard InChI is InChI=1S/C25H27N5O3/c31-24(27-20-8-10-22(11-9-20)29-28-21-5-2-1-3-6-21)18-30-14-12-19(13-15-30)25(32)26-17-23-7-4-16-33-23/h1-11,16,19H,12-15,17-18H2,(H,26,32)(H,27,31). The minimum absolute atomic E-state index is 0.0307. The number of anilines is 1. The SMILES string of the molecule is O=C(CN1CCC(C(=O)NCc2ccco2)CC1)Nc1ccc(N=Nc2ccccc2)cc1. The number of piperidine rings is 1. The van der Waals surface area contributed by atoms with Gasteiger partial charge >= 0.3 is 0 Å². The molecule has 33 heavy (non-hydrogen) atoms. The Morgan fingerprint density at radius 3 is 2.27 bits per heavy atom. The van der Waals surface area contributed by atoms with Gasteiger partial charge in [0.05, 0.1) is 30.7 Å². The van der Waals surface area contributed by atoms with Crippen molar-refractivity contribution < 1.29 is 14.0 Å². The minimum atomic E-state index is -0.0746. The molecular weight excluding hydrogens is 418 g/mol. The van der Waals surface area contributed by atoms with E-state index in [0.29, 0.717) is 37.6 Å². The predicted molar refractivity (Wildman–Crippen MR) is 125 cm³/mol. The molecule has 3 aromatic rings. The second kappa shape index (κ2) is 11.2. The summed E-state index contributed by atoms with van der Waals surface area (Å²) in [6, 6.07) is 20.4. The van der Waals surface area contributed by atoms with Gasteiger partial charge in [-0.2, -0.15) is 10.2 Å². The van der Waals surface area contributed by atoms with Gasteiger partial charge in [0.15, 0.2) is 0 Å². The van der Waals surface area contributed by atoms with E-state index < -0.39 is 0 Å². The molecule has 1 aromatic heterocycles. The Morgan fingerprint density at radius 1 is 0.909 bits per heavy atom. The molecule has 170 valence electrons. The molecule has 0 radical (unpaired) electrons. The number of carbonyl (C=O) groups excluding carboxylic acids is 2. The summed E-state index contributed by atoms with van der Waals surface area (Å²) >= 11 is 0. The molecule has 1 aliphatic rings. The van der Waals surface area contributed by atoms with Crippen LogP contribution in [-0.2, 0) is 16.1 Å². The number of furan rings is 1. The van der Waals surface area contributed by atoms with Gasteiger partial charge in [-0.1, -0.05) is 18.2 Å². The molecule has 4 rings (SSSR count). The fourth-order valence-electron chi connectivity index (χ4n) is 3.71. The van der Waals surface area contributed by atoms with Crippen LogP contribution < -0.4 is 10.6 Å². The number of nitrogens with one attached hydrogen (secondary N) is 2. The summed E-state index contributed by atoms with van der Waals surface area (Å²) in [5.41, 5.74) is 2.21. The van der Waals surface area contributed by atoms with Gasteiger partial charge in [0.25, 0.3) is 0 Å². The number of amides is 2. The minimum Gasteiger partial charge on any atom is -0.467 e. The van der Waals surface area contributed by atoms with Gasteiger partial charge in [0.1, 0.15) is 5.76 Å². The van der Waals surface area contributed by atoms with E-state index in [1.54, 1.807) is 12.3 Å². The molecule has 1 saturated heterocycles. The zero-order chi connectivity index (χ0) is 22.9. The van der Waals surface area contributed by atoms with Crippen LogP contribution in [0.25, 0.3) is 0 Å². The molecular formula is C25H27N5O3. The largest absolute Gasteiger partial charge is 0.467 e.